The normalized spacial score (nSPS) is 28.8. The van der Waals surface area contributed by atoms with E-state index in [1.54, 1.807) is 41.6 Å². The summed E-state index contributed by atoms with van der Waals surface area (Å²) in [5.41, 5.74) is 2.10. The molecular weight excluding hydrogens is 494 g/mol. The minimum Gasteiger partial charge on any atom is -0.495 e. The molecule has 3 atom stereocenters. The topological polar surface area (TPSA) is 114 Å². The van der Waals surface area contributed by atoms with Crippen molar-refractivity contribution in [1.82, 2.24) is 25.0 Å². The smallest absolute Gasteiger partial charge is 0.325 e. The molecule has 2 aromatic rings. The number of urea groups is 1. The largest absolute Gasteiger partial charge is 0.495 e. The van der Waals surface area contributed by atoms with Gasteiger partial charge in [-0.25, -0.2) is 14.8 Å². The number of anilines is 1. The molecule has 1 aromatic carbocycles. The van der Waals surface area contributed by atoms with Crippen molar-refractivity contribution in [3.63, 3.8) is 0 Å². The number of methoxy groups -OCH3 is 1. The number of ether oxygens (including phenoxy) is 1. The molecule has 0 radical (unpaired) electrons. The minimum atomic E-state index is -1.36. The van der Waals surface area contributed by atoms with Crippen molar-refractivity contribution in [3.8, 4) is 5.75 Å². The van der Waals surface area contributed by atoms with Crippen molar-refractivity contribution >= 4 is 45.5 Å². The quantitative estimate of drug-likeness (QED) is 0.590. The molecule has 3 unspecified atom stereocenters. The van der Waals surface area contributed by atoms with Crippen LogP contribution in [0.2, 0.25) is 0 Å². The highest BCUT2D eigenvalue weighted by Gasteiger charge is 2.61. The van der Waals surface area contributed by atoms with E-state index in [4.69, 9.17) is 9.73 Å². The van der Waals surface area contributed by atoms with Gasteiger partial charge in [-0.1, -0.05) is 0 Å². The number of carboxylic acid groups (broad SMARTS) is 1. The van der Waals surface area contributed by atoms with Gasteiger partial charge in [-0.2, -0.15) is 0 Å². The number of piperidine rings is 1. The first kappa shape index (κ1) is 25.4. The summed E-state index contributed by atoms with van der Waals surface area (Å²) in [6, 6.07) is 3.67. The summed E-state index contributed by atoms with van der Waals surface area (Å²) >= 11 is 1.49. The number of carboxylic acids is 1. The van der Waals surface area contributed by atoms with Gasteiger partial charge in [0.15, 0.2) is 0 Å². The van der Waals surface area contributed by atoms with Crippen molar-refractivity contribution in [2.45, 2.75) is 26.1 Å². The number of benzene rings is 1. The van der Waals surface area contributed by atoms with Gasteiger partial charge in [0.1, 0.15) is 5.75 Å². The summed E-state index contributed by atoms with van der Waals surface area (Å²) in [5.74, 6) is -2.19. The highest BCUT2D eigenvalue weighted by atomic mass is 32.1. The molecule has 0 spiro atoms. The van der Waals surface area contributed by atoms with Gasteiger partial charge in [0.2, 0.25) is 5.79 Å². The molecule has 37 heavy (non-hydrogen) atoms. The molecule has 5 rings (SSSR count). The van der Waals surface area contributed by atoms with Gasteiger partial charge in [0, 0.05) is 31.6 Å². The van der Waals surface area contributed by atoms with Crippen LogP contribution in [-0.2, 0) is 4.79 Å². The van der Waals surface area contributed by atoms with E-state index in [9.17, 15) is 14.7 Å². The Balaban J connectivity index is 1.76. The summed E-state index contributed by atoms with van der Waals surface area (Å²) in [6.07, 6.45) is 5.75. The predicted octanol–water partition coefficient (Wildman–Crippen LogP) is 2.67. The third-order valence-electron chi connectivity index (χ3n) is 7.79. The fraction of sp³-hybridized carbons (Fsp3) is 0.520. The zero-order chi connectivity index (χ0) is 26.4. The number of allylic oxidation sites excluding steroid dienone is 1. The number of carbonyl (C=O) groups is 2. The number of hydrogen-bond acceptors (Lipinski definition) is 9. The Morgan fingerprint density at radius 3 is 2.89 bits per heavy atom. The van der Waals surface area contributed by atoms with Crippen molar-refractivity contribution in [1.29, 1.82) is 0 Å². The summed E-state index contributed by atoms with van der Waals surface area (Å²) in [6.45, 7) is 5.96. The van der Waals surface area contributed by atoms with E-state index in [-0.39, 0.29) is 6.03 Å². The third-order valence-corrected chi connectivity index (χ3v) is 8.65. The van der Waals surface area contributed by atoms with Crippen molar-refractivity contribution < 1.29 is 19.4 Å². The molecule has 1 aromatic heterocycles. The molecule has 12 heteroatoms. The zero-order valence-corrected chi connectivity index (χ0v) is 22.4. The van der Waals surface area contributed by atoms with Gasteiger partial charge >= 0.3 is 12.0 Å². The standard InChI is InChI=1S/C25H33N7O4S/c1-5-30-15-29(3)16-32(23(30)35)25(20-13-26-9-7-24(20,2)22(33)34)28-8-6-10-31(25)17-11-18-21(37-14-27-18)19(12-17)36-4/h6,8,10-12,14,20,26H,5,7,9,13,15-16H2,1-4H3,(H,33,34). The Kier molecular flexibility index (Phi) is 6.59. The van der Waals surface area contributed by atoms with E-state index in [1.165, 1.54) is 11.3 Å². The Morgan fingerprint density at radius 1 is 1.35 bits per heavy atom. The molecule has 0 saturated carbocycles. The fourth-order valence-electron chi connectivity index (χ4n) is 5.75. The van der Waals surface area contributed by atoms with Crippen LogP contribution in [0.5, 0.6) is 5.75 Å². The lowest BCUT2D eigenvalue weighted by atomic mass is 9.67. The van der Waals surface area contributed by atoms with Gasteiger partial charge in [0.05, 0.1) is 53.2 Å². The Bertz CT molecular complexity index is 1260. The number of nitrogens with one attached hydrogen (secondary N) is 1. The van der Waals surface area contributed by atoms with Crippen LogP contribution in [0.25, 0.3) is 10.2 Å². The molecule has 0 aliphatic carbocycles. The van der Waals surface area contributed by atoms with Crippen molar-refractivity contribution in [2.75, 3.05) is 52.0 Å². The van der Waals surface area contributed by atoms with Crippen LogP contribution in [-0.4, -0.2) is 95.9 Å². The molecule has 0 bridgehead atoms. The molecule has 3 aliphatic rings. The monoisotopic (exact) mass is 527 g/mol. The van der Waals surface area contributed by atoms with E-state index in [2.05, 4.69) is 10.3 Å². The maximum absolute atomic E-state index is 14.0. The number of aromatic nitrogens is 1. The molecule has 2 amide bonds. The van der Waals surface area contributed by atoms with Crippen molar-refractivity contribution in [2.24, 2.45) is 16.3 Å². The first-order valence-corrected chi connectivity index (χ1v) is 13.3. The van der Waals surface area contributed by atoms with Crippen LogP contribution in [0.4, 0.5) is 10.5 Å². The van der Waals surface area contributed by atoms with Crippen LogP contribution in [0.1, 0.15) is 20.3 Å². The van der Waals surface area contributed by atoms with E-state index >= 15 is 0 Å². The molecule has 2 saturated heterocycles. The molecule has 2 N–H and O–H groups in total. The van der Waals surface area contributed by atoms with Crippen LogP contribution >= 0.6 is 11.3 Å². The van der Waals surface area contributed by atoms with Crippen LogP contribution < -0.4 is 15.0 Å². The first-order chi connectivity index (χ1) is 17.8. The number of carbonyl (C=O) groups excluding carboxylic acids is 1. The lowest BCUT2D eigenvalue weighted by molar-refractivity contribution is -0.159. The Morgan fingerprint density at radius 2 is 2.16 bits per heavy atom. The fourth-order valence-corrected chi connectivity index (χ4v) is 6.51. The highest BCUT2D eigenvalue weighted by Crippen LogP contribution is 2.49. The van der Waals surface area contributed by atoms with Gasteiger partial charge in [0.25, 0.3) is 0 Å². The second-order valence-corrected chi connectivity index (χ2v) is 10.8. The number of nitrogens with zero attached hydrogens (tertiary/aromatic N) is 6. The predicted molar refractivity (Wildman–Crippen MR) is 143 cm³/mol. The van der Waals surface area contributed by atoms with Crippen LogP contribution in [0.3, 0.4) is 0 Å². The molecular formula is C25H33N7O4S. The first-order valence-electron chi connectivity index (χ1n) is 12.4. The number of rotatable bonds is 6. The van der Waals surface area contributed by atoms with Crippen molar-refractivity contribution in [3.05, 3.63) is 29.9 Å². The maximum Gasteiger partial charge on any atom is 0.325 e. The second-order valence-electron chi connectivity index (χ2n) is 9.96. The molecule has 3 aliphatic heterocycles. The van der Waals surface area contributed by atoms with Crippen LogP contribution in [0.15, 0.2) is 34.9 Å². The Hall–Kier alpha value is -3.22. The third kappa shape index (κ3) is 3.94. The number of aliphatic imine (C=N–C) groups is 1. The lowest BCUT2D eigenvalue weighted by Gasteiger charge is -2.59. The SMILES string of the molecule is CCN1CN(C)CN(C2(C3CNCCC3(C)C(=O)O)N=CC=CN2c2cc(OC)c3scnc3c2)C1=O. The van der Waals surface area contributed by atoms with E-state index < -0.39 is 23.1 Å². The lowest BCUT2D eigenvalue weighted by Crippen LogP contribution is -2.75. The summed E-state index contributed by atoms with van der Waals surface area (Å²) in [7, 11) is 3.56. The van der Waals surface area contributed by atoms with Gasteiger partial charge in [-0.15, -0.1) is 11.3 Å². The van der Waals surface area contributed by atoms with E-state index in [1.807, 2.05) is 42.1 Å². The van der Waals surface area contributed by atoms with Gasteiger partial charge in [-0.3, -0.25) is 14.6 Å². The number of hydrogen-bond donors (Lipinski definition) is 2. The molecule has 11 nitrogen and oxygen atoms in total. The number of amides is 2. The van der Waals surface area contributed by atoms with E-state index in [0.717, 1.165) is 10.2 Å². The summed E-state index contributed by atoms with van der Waals surface area (Å²) in [4.78, 5) is 43.8. The van der Waals surface area contributed by atoms with Crippen LogP contribution in [0, 0.1) is 11.3 Å². The number of aliphatic carboxylic acids is 1. The summed E-state index contributed by atoms with van der Waals surface area (Å²) in [5, 5.41) is 13.9. The second kappa shape index (κ2) is 9.58. The summed E-state index contributed by atoms with van der Waals surface area (Å²) < 4.78 is 6.62. The zero-order valence-electron chi connectivity index (χ0n) is 21.5. The maximum atomic E-state index is 14.0. The number of thiazole rings is 1. The average Bonchev–Trinajstić information content (AvgIpc) is 3.38. The number of fused-ring (bicyclic) bond motifs is 1. The molecule has 198 valence electrons. The van der Waals surface area contributed by atoms with Gasteiger partial charge in [-0.05, 0) is 46.0 Å². The molecule has 4 heterocycles. The minimum absolute atomic E-state index is 0.182. The highest BCUT2D eigenvalue weighted by molar-refractivity contribution is 7.17. The van der Waals surface area contributed by atoms with Gasteiger partial charge < -0.3 is 25.0 Å². The van der Waals surface area contributed by atoms with E-state index in [0.29, 0.717) is 50.8 Å². The Labute approximate surface area is 220 Å². The average molecular weight is 528 g/mol. The molecule has 2 fully saturated rings.